The molecule has 8 heteroatoms. The fraction of sp³-hybridized carbons (Fsp3) is 0.176. The van der Waals surface area contributed by atoms with Gasteiger partial charge in [0.15, 0.2) is 0 Å². The van der Waals surface area contributed by atoms with E-state index < -0.39 is 15.9 Å². The van der Waals surface area contributed by atoms with Gasteiger partial charge in [-0.15, -0.1) is 0 Å². The van der Waals surface area contributed by atoms with Crippen LogP contribution in [0.3, 0.4) is 0 Å². The summed E-state index contributed by atoms with van der Waals surface area (Å²) in [6.07, 6.45) is 0. The number of amides is 2. The largest absolute Gasteiger partial charge is 0.326 e. The van der Waals surface area contributed by atoms with E-state index in [4.69, 9.17) is 0 Å². The Morgan fingerprint density at radius 2 is 1.52 bits per heavy atom. The van der Waals surface area contributed by atoms with Crippen LogP contribution in [0.15, 0.2) is 48.5 Å². The van der Waals surface area contributed by atoms with E-state index in [9.17, 15) is 18.0 Å². The van der Waals surface area contributed by atoms with Gasteiger partial charge in [0, 0.05) is 29.5 Å². The van der Waals surface area contributed by atoms with E-state index in [1.54, 1.807) is 42.5 Å². The molecular weight excluding hydrogens is 342 g/mol. The molecule has 0 unspecified atom stereocenters. The summed E-state index contributed by atoms with van der Waals surface area (Å²) in [5.41, 5.74) is 1.70. The van der Waals surface area contributed by atoms with E-state index in [2.05, 4.69) is 15.4 Å². The van der Waals surface area contributed by atoms with Crippen molar-refractivity contribution >= 4 is 38.9 Å². The van der Waals surface area contributed by atoms with Crippen LogP contribution in [0.5, 0.6) is 0 Å². The maximum absolute atomic E-state index is 12.4. The van der Waals surface area contributed by atoms with Gasteiger partial charge in [-0.1, -0.05) is 12.1 Å². The van der Waals surface area contributed by atoms with Crippen LogP contribution in [0.25, 0.3) is 0 Å². The average Bonchev–Trinajstić information content (AvgIpc) is 2.54. The van der Waals surface area contributed by atoms with Crippen molar-refractivity contribution in [1.29, 1.82) is 0 Å². The average molecular weight is 361 g/mol. The van der Waals surface area contributed by atoms with Crippen molar-refractivity contribution in [2.24, 2.45) is 0 Å². The zero-order chi connectivity index (χ0) is 18.4. The number of rotatable bonds is 6. The molecular formula is C17H19N3O4S. The minimum atomic E-state index is -3.41. The summed E-state index contributed by atoms with van der Waals surface area (Å²) in [7, 11) is -3.41. The Hall–Kier alpha value is -2.87. The Bertz CT molecular complexity index is 894. The number of hydrogen-bond donors (Lipinski definition) is 3. The van der Waals surface area contributed by atoms with Crippen LogP contribution in [0.1, 0.15) is 24.2 Å². The highest BCUT2D eigenvalue weighted by molar-refractivity contribution is 7.92. The first-order valence-electron chi connectivity index (χ1n) is 7.58. The predicted octanol–water partition coefficient (Wildman–Crippen LogP) is 2.66. The summed E-state index contributed by atoms with van der Waals surface area (Å²) < 4.78 is 25.6. The van der Waals surface area contributed by atoms with Crippen LogP contribution < -0.4 is 15.4 Å². The van der Waals surface area contributed by atoms with E-state index in [0.29, 0.717) is 22.6 Å². The molecule has 0 heterocycles. The molecule has 2 rings (SSSR count). The molecule has 132 valence electrons. The monoisotopic (exact) mass is 361 g/mol. The van der Waals surface area contributed by atoms with E-state index in [0.717, 1.165) is 0 Å². The smallest absolute Gasteiger partial charge is 0.255 e. The Balaban J connectivity index is 2.15. The first kappa shape index (κ1) is 18.5. The molecule has 0 saturated carbocycles. The normalized spacial score (nSPS) is 10.8. The molecule has 0 saturated heterocycles. The molecule has 0 fully saturated rings. The Labute approximate surface area is 146 Å². The number of nitrogens with one attached hydrogen (secondary N) is 3. The highest BCUT2D eigenvalue weighted by Crippen LogP contribution is 2.18. The molecule has 25 heavy (non-hydrogen) atoms. The van der Waals surface area contributed by atoms with Crippen LogP contribution in [0.2, 0.25) is 0 Å². The second-order valence-corrected chi connectivity index (χ2v) is 7.31. The van der Waals surface area contributed by atoms with Gasteiger partial charge in [-0.2, -0.15) is 0 Å². The minimum absolute atomic E-state index is 0.0562. The summed E-state index contributed by atoms with van der Waals surface area (Å²) in [5.74, 6) is -0.656. The highest BCUT2D eigenvalue weighted by Gasteiger charge is 2.11. The van der Waals surface area contributed by atoms with Gasteiger partial charge in [0.25, 0.3) is 5.91 Å². The van der Waals surface area contributed by atoms with Crippen molar-refractivity contribution in [3.63, 3.8) is 0 Å². The van der Waals surface area contributed by atoms with Crippen LogP contribution in [-0.4, -0.2) is 26.0 Å². The van der Waals surface area contributed by atoms with Gasteiger partial charge in [0.2, 0.25) is 15.9 Å². The summed E-state index contributed by atoms with van der Waals surface area (Å²) in [5, 5.41) is 5.34. The number of carbonyl (C=O) groups is 2. The number of hydrogen-bond acceptors (Lipinski definition) is 4. The molecule has 0 bridgehead atoms. The fourth-order valence-corrected chi connectivity index (χ4v) is 2.69. The van der Waals surface area contributed by atoms with Gasteiger partial charge in [-0.05, 0) is 43.3 Å². The van der Waals surface area contributed by atoms with E-state index in [1.807, 2.05) is 0 Å². The third-order valence-corrected chi connectivity index (χ3v) is 4.53. The van der Waals surface area contributed by atoms with Crippen molar-refractivity contribution in [3.8, 4) is 0 Å². The van der Waals surface area contributed by atoms with Crippen LogP contribution in [0, 0.1) is 0 Å². The van der Waals surface area contributed by atoms with Gasteiger partial charge in [0.1, 0.15) is 0 Å². The minimum Gasteiger partial charge on any atom is -0.326 e. The van der Waals surface area contributed by atoms with Gasteiger partial charge < -0.3 is 10.6 Å². The first-order chi connectivity index (χ1) is 11.8. The molecule has 0 atom stereocenters. The standard InChI is InChI=1S/C17H19N3O4S/c1-3-25(23,24)20-16-9-4-6-13(10-16)17(22)19-15-8-5-7-14(11-15)18-12(2)21/h4-11,20H,3H2,1-2H3,(H,18,21)(H,19,22). The van der Waals surface area contributed by atoms with E-state index in [1.165, 1.54) is 19.9 Å². The van der Waals surface area contributed by atoms with Gasteiger partial charge in [0.05, 0.1) is 5.75 Å². The van der Waals surface area contributed by atoms with Crippen LogP contribution in [0.4, 0.5) is 17.1 Å². The van der Waals surface area contributed by atoms with Crippen LogP contribution >= 0.6 is 0 Å². The lowest BCUT2D eigenvalue weighted by atomic mass is 10.2. The molecule has 0 aliphatic heterocycles. The topological polar surface area (TPSA) is 104 Å². The molecule has 7 nitrogen and oxygen atoms in total. The van der Waals surface area contributed by atoms with Gasteiger partial charge >= 0.3 is 0 Å². The summed E-state index contributed by atoms with van der Waals surface area (Å²) >= 11 is 0. The first-order valence-corrected chi connectivity index (χ1v) is 9.24. The Morgan fingerprint density at radius 1 is 0.920 bits per heavy atom. The maximum Gasteiger partial charge on any atom is 0.255 e. The molecule has 2 aromatic carbocycles. The molecule has 2 aromatic rings. The Morgan fingerprint density at radius 3 is 2.16 bits per heavy atom. The van der Waals surface area contributed by atoms with Gasteiger partial charge in [-0.3, -0.25) is 14.3 Å². The second-order valence-electron chi connectivity index (χ2n) is 5.30. The fourth-order valence-electron chi connectivity index (χ4n) is 2.06. The van der Waals surface area contributed by atoms with Crippen molar-refractivity contribution < 1.29 is 18.0 Å². The van der Waals surface area contributed by atoms with Crippen molar-refractivity contribution in [2.75, 3.05) is 21.1 Å². The van der Waals surface area contributed by atoms with Gasteiger partial charge in [-0.25, -0.2) is 8.42 Å². The second kappa shape index (κ2) is 7.80. The summed E-state index contributed by atoms with van der Waals surface area (Å²) in [6.45, 7) is 2.93. The molecule has 0 spiro atoms. The molecule has 2 amide bonds. The molecule has 0 aromatic heterocycles. The molecule has 0 aliphatic rings. The highest BCUT2D eigenvalue weighted by atomic mass is 32.2. The van der Waals surface area contributed by atoms with E-state index in [-0.39, 0.29) is 11.7 Å². The number of benzene rings is 2. The van der Waals surface area contributed by atoms with E-state index >= 15 is 0 Å². The zero-order valence-corrected chi connectivity index (χ0v) is 14.7. The van der Waals surface area contributed by atoms with Crippen molar-refractivity contribution in [1.82, 2.24) is 0 Å². The van der Waals surface area contributed by atoms with Crippen LogP contribution in [-0.2, 0) is 14.8 Å². The van der Waals surface area contributed by atoms with Crippen molar-refractivity contribution in [3.05, 3.63) is 54.1 Å². The predicted molar refractivity (Wildman–Crippen MR) is 98.2 cm³/mol. The Kier molecular flexibility index (Phi) is 5.76. The number of anilines is 3. The lowest BCUT2D eigenvalue weighted by molar-refractivity contribution is -0.114. The zero-order valence-electron chi connectivity index (χ0n) is 13.9. The third-order valence-electron chi connectivity index (χ3n) is 3.22. The molecule has 0 radical (unpaired) electrons. The molecule has 0 aliphatic carbocycles. The SMILES string of the molecule is CCS(=O)(=O)Nc1cccc(C(=O)Nc2cccc(NC(C)=O)c2)c1. The number of carbonyl (C=O) groups excluding carboxylic acids is 2. The maximum atomic E-state index is 12.4. The third kappa shape index (κ3) is 5.61. The number of sulfonamides is 1. The summed E-state index contributed by atoms with van der Waals surface area (Å²) in [4.78, 5) is 23.4. The quantitative estimate of drug-likeness (QED) is 0.736. The lowest BCUT2D eigenvalue weighted by Gasteiger charge is -2.10. The van der Waals surface area contributed by atoms with Crippen molar-refractivity contribution in [2.45, 2.75) is 13.8 Å². The summed E-state index contributed by atoms with van der Waals surface area (Å²) in [6, 6.07) is 12.9. The lowest BCUT2D eigenvalue weighted by Crippen LogP contribution is -2.16. The molecule has 3 N–H and O–H groups in total.